The highest BCUT2D eigenvalue weighted by molar-refractivity contribution is 6.04. The predicted octanol–water partition coefficient (Wildman–Crippen LogP) is 3.19. The minimum Gasteiger partial charge on any atom is -0.508 e. The predicted molar refractivity (Wildman–Crippen MR) is 99.4 cm³/mol. The van der Waals surface area contributed by atoms with E-state index in [9.17, 15) is 20.1 Å². The maximum atomic E-state index is 12.2. The van der Waals surface area contributed by atoms with Gasteiger partial charge in [-0.3, -0.25) is 4.79 Å². The number of amides is 1. The Morgan fingerprint density at radius 1 is 1.07 bits per heavy atom. The van der Waals surface area contributed by atoms with Crippen LogP contribution in [0, 0.1) is 0 Å². The van der Waals surface area contributed by atoms with Crippen LogP contribution in [0.3, 0.4) is 0 Å². The lowest BCUT2D eigenvalue weighted by molar-refractivity contribution is 0.0952. The van der Waals surface area contributed by atoms with Crippen molar-refractivity contribution in [1.82, 2.24) is 5.43 Å². The number of furan rings is 1. The Morgan fingerprint density at radius 2 is 1.89 bits per heavy atom. The maximum absolute atomic E-state index is 12.2. The van der Waals surface area contributed by atoms with E-state index in [4.69, 9.17) is 4.42 Å². The van der Waals surface area contributed by atoms with E-state index < -0.39 is 5.91 Å². The maximum Gasteiger partial charge on any atom is 0.275 e. The van der Waals surface area contributed by atoms with Crippen molar-refractivity contribution in [3.05, 3.63) is 52.8 Å². The molecule has 1 heterocycles. The lowest BCUT2D eigenvalue weighted by atomic mass is 9.94. The molecule has 0 saturated heterocycles. The number of fused-ring (bicyclic) bond motifs is 3. The Bertz CT molecular complexity index is 1070. The van der Waals surface area contributed by atoms with Gasteiger partial charge in [-0.25, -0.2) is 5.43 Å². The van der Waals surface area contributed by atoms with E-state index >= 15 is 0 Å². The second-order valence-corrected chi connectivity index (χ2v) is 6.48. The van der Waals surface area contributed by atoms with Gasteiger partial charge in [-0.15, -0.1) is 0 Å². The molecule has 0 atom stereocenters. The van der Waals surface area contributed by atoms with Crippen molar-refractivity contribution in [2.24, 2.45) is 5.10 Å². The first-order chi connectivity index (χ1) is 13.0. The molecule has 138 valence electrons. The Kier molecular flexibility index (Phi) is 4.19. The van der Waals surface area contributed by atoms with Gasteiger partial charge in [0.1, 0.15) is 28.6 Å². The molecule has 1 aromatic heterocycles. The van der Waals surface area contributed by atoms with Gasteiger partial charge in [-0.05, 0) is 43.5 Å². The van der Waals surface area contributed by atoms with E-state index in [2.05, 4.69) is 10.5 Å². The summed E-state index contributed by atoms with van der Waals surface area (Å²) in [5, 5.41) is 34.0. The first-order valence-corrected chi connectivity index (χ1v) is 8.66. The second-order valence-electron chi connectivity index (χ2n) is 6.48. The molecule has 1 aliphatic carbocycles. The topological polar surface area (TPSA) is 115 Å². The molecule has 0 radical (unpaired) electrons. The Balaban J connectivity index is 1.64. The average molecular weight is 366 g/mol. The van der Waals surface area contributed by atoms with Crippen LogP contribution in [0.1, 0.15) is 40.1 Å². The summed E-state index contributed by atoms with van der Waals surface area (Å²) < 4.78 is 5.89. The summed E-state index contributed by atoms with van der Waals surface area (Å²) in [6.07, 6.45) is 5.26. The van der Waals surface area contributed by atoms with Crippen LogP contribution in [0.4, 0.5) is 0 Å². The van der Waals surface area contributed by atoms with Gasteiger partial charge in [0.05, 0.1) is 11.8 Å². The molecule has 0 saturated carbocycles. The van der Waals surface area contributed by atoms with Gasteiger partial charge in [-0.1, -0.05) is 0 Å². The molecule has 7 nitrogen and oxygen atoms in total. The average Bonchev–Trinajstić information content (AvgIpc) is 3.02. The third-order valence-electron chi connectivity index (χ3n) is 4.72. The number of nitrogens with one attached hydrogen (secondary N) is 1. The molecular weight excluding hydrogens is 348 g/mol. The summed E-state index contributed by atoms with van der Waals surface area (Å²) in [7, 11) is 0. The summed E-state index contributed by atoms with van der Waals surface area (Å²) in [6, 6.07) is 6.92. The molecule has 4 N–H and O–H groups in total. The molecule has 27 heavy (non-hydrogen) atoms. The van der Waals surface area contributed by atoms with E-state index in [1.807, 2.05) is 0 Å². The van der Waals surface area contributed by atoms with Crippen LogP contribution >= 0.6 is 0 Å². The van der Waals surface area contributed by atoms with Gasteiger partial charge < -0.3 is 19.7 Å². The standard InChI is InChI=1S/C20H18N2O5/c23-11-5-6-12(16(25)9-11)20(26)22-21-10-14-15(24)7-8-18-19(14)13-3-1-2-4-17(13)27-18/h5-10,23-25H,1-4H2,(H,22,26). The molecule has 0 spiro atoms. The van der Waals surface area contributed by atoms with Crippen molar-refractivity contribution >= 4 is 23.1 Å². The first kappa shape index (κ1) is 17.0. The molecule has 0 aliphatic heterocycles. The number of hydrazone groups is 1. The molecule has 0 bridgehead atoms. The molecule has 0 unspecified atom stereocenters. The molecule has 0 fully saturated rings. The Labute approximate surface area is 154 Å². The molecule has 7 heteroatoms. The highest BCUT2D eigenvalue weighted by atomic mass is 16.3. The summed E-state index contributed by atoms with van der Waals surface area (Å²) in [4.78, 5) is 12.2. The van der Waals surface area contributed by atoms with Crippen molar-refractivity contribution in [2.75, 3.05) is 0 Å². The fraction of sp³-hybridized carbons (Fsp3) is 0.200. The van der Waals surface area contributed by atoms with Crippen molar-refractivity contribution < 1.29 is 24.5 Å². The van der Waals surface area contributed by atoms with Gasteiger partial charge in [0, 0.05) is 29.0 Å². The molecule has 3 aromatic rings. The highest BCUT2D eigenvalue weighted by Gasteiger charge is 2.21. The van der Waals surface area contributed by atoms with E-state index in [-0.39, 0.29) is 22.8 Å². The number of carbonyl (C=O) groups is 1. The number of carbonyl (C=O) groups excluding carboxylic acids is 1. The molecule has 1 aliphatic rings. The Morgan fingerprint density at radius 3 is 2.70 bits per heavy atom. The van der Waals surface area contributed by atoms with E-state index in [1.54, 1.807) is 6.07 Å². The number of hydrogen-bond acceptors (Lipinski definition) is 6. The normalized spacial score (nSPS) is 13.8. The van der Waals surface area contributed by atoms with Crippen molar-refractivity contribution in [3.63, 3.8) is 0 Å². The van der Waals surface area contributed by atoms with E-state index in [0.717, 1.165) is 48.5 Å². The summed E-state index contributed by atoms with van der Waals surface area (Å²) in [5.41, 5.74) is 4.54. The molecular formula is C20H18N2O5. The minimum atomic E-state index is -0.635. The van der Waals surface area contributed by atoms with Crippen molar-refractivity contribution in [2.45, 2.75) is 25.7 Å². The number of aryl methyl sites for hydroxylation is 2. The van der Waals surface area contributed by atoms with Gasteiger partial charge in [0.25, 0.3) is 5.91 Å². The first-order valence-electron chi connectivity index (χ1n) is 8.66. The van der Waals surface area contributed by atoms with Crippen LogP contribution in [0.5, 0.6) is 17.2 Å². The van der Waals surface area contributed by atoms with Crippen LogP contribution in [-0.4, -0.2) is 27.4 Å². The third-order valence-corrected chi connectivity index (χ3v) is 4.72. The van der Waals surface area contributed by atoms with Crippen molar-refractivity contribution in [1.29, 1.82) is 0 Å². The SMILES string of the molecule is O=C(NN=Cc1c(O)ccc2oc3c(c12)CCCC3)c1ccc(O)cc1O. The second kappa shape index (κ2) is 6.68. The van der Waals surface area contributed by atoms with Crippen molar-refractivity contribution in [3.8, 4) is 17.2 Å². The molecule has 4 rings (SSSR count). The monoisotopic (exact) mass is 366 g/mol. The zero-order chi connectivity index (χ0) is 19.0. The quantitative estimate of drug-likeness (QED) is 0.420. The van der Waals surface area contributed by atoms with E-state index in [0.29, 0.717) is 11.1 Å². The largest absolute Gasteiger partial charge is 0.508 e. The lowest BCUT2D eigenvalue weighted by Crippen LogP contribution is -2.17. The third kappa shape index (κ3) is 3.08. The summed E-state index contributed by atoms with van der Waals surface area (Å²) in [5.74, 6) is -0.147. The van der Waals surface area contributed by atoms with Crippen LogP contribution < -0.4 is 5.43 Å². The number of benzene rings is 2. The number of hydrogen-bond donors (Lipinski definition) is 4. The zero-order valence-corrected chi connectivity index (χ0v) is 14.4. The van der Waals surface area contributed by atoms with Crippen LogP contribution in [0.2, 0.25) is 0 Å². The fourth-order valence-electron chi connectivity index (χ4n) is 3.43. The number of phenols is 3. The number of nitrogens with zero attached hydrogens (tertiary/aromatic N) is 1. The highest BCUT2D eigenvalue weighted by Crippen LogP contribution is 2.36. The van der Waals surface area contributed by atoms with Crippen LogP contribution in [0.25, 0.3) is 11.0 Å². The van der Waals surface area contributed by atoms with Crippen LogP contribution in [-0.2, 0) is 12.8 Å². The van der Waals surface area contributed by atoms with Crippen LogP contribution in [0.15, 0.2) is 39.9 Å². The minimum absolute atomic E-state index is 0.0203. The number of rotatable bonds is 3. The van der Waals surface area contributed by atoms with Gasteiger partial charge >= 0.3 is 0 Å². The Hall–Kier alpha value is -3.48. The van der Waals surface area contributed by atoms with Gasteiger partial charge in [0.2, 0.25) is 0 Å². The van der Waals surface area contributed by atoms with Gasteiger partial charge in [-0.2, -0.15) is 5.10 Å². The lowest BCUT2D eigenvalue weighted by Gasteiger charge is -2.09. The summed E-state index contributed by atoms with van der Waals surface area (Å²) >= 11 is 0. The number of aromatic hydroxyl groups is 3. The van der Waals surface area contributed by atoms with Gasteiger partial charge in [0.15, 0.2) is 0 Å². The summed E-state index contributed by atoms with van der Waals surface area (Å²) in [6.45, 7) is 0. The molecule has 1 amide bonds. The zero-order valence-electron chi connectivity index (χ0n) is 14.4. The smallest absolute Gasteiger partial charge is 0.275 e. The molecule has 2 aromatic carbocycles. The number of phenolic OH excluding ortho intramolecular Hbond substituents is 3. The van der Waals surface area contributed by atoms with E-state index in [1.165, 1.54) is 24.4 Å². The fourth-order valence-corrected chi connectivity index (χ4v) is 3.43.